The number of nitrogens with zero attached hydrogens (tertiary/aromatic N) is 3. The maximum atomic E-state index is 5.92. The van der Waals surface area contributed by atoms with Crippen LogP contribution in [-0.2, 0) is 4.74 Å². The third-order valence-electron chi connectivity index (χ3n) is 5.51. The number of ether oxygens (including phenoxy) is 1. The van der Waals surface area contributed by atoms with Gasteiger partial charge in [0.05, 0.1) is 12.7 Å². The minimum Gasteiger partial charge on any atom is -0.374 e. The van der Waals surface area contributed by atoms with E-state index in [1.165, 1.54) is 32.2 Å². The van der Waals surface area contributed by atoms with E-state index in [9.17, 15) is 0 Å². The predicted molar refractivity (Wildman–Crippen MR) is 108 cm³/mol. The molecule has 6 nitrogen and oxygen atoms in total. The summed E-state index contributed by atoms with van der Waals surface area (Å²) in [4.78, 5) is 9.58. The van der Waals surface area contributed by atoms with Crippen molar-refractivity contribution in [2.24, 2.45) is 16.8 Å². The summed E-state index contributed by atoms with van der Waals surface area (Å²) in [7, 11) is 1.85. The average Bonchev–Trinajstić information content (AvgIpc) is 3.50. The average molecular weight is 366 g/mol. The van der Waals surface area contributed by atoms with Crippen LogP contribution in [0.15, 0.2) is 4.99 Å². The standard InChI is InChI=1S/C20H39N5O/c1-16(2)13-24-10-11-26-19(15-24)12-23-20(21-3)22-8-9-25(18-6-7-18)14-17-4-5-17/h16-19H,4-15H2,1-3H3,(H2,21,22,23). The van der Waals surface area contributed by atoms with Crippen molar-refractivity contribution in [2.45, 2.75) is 51.7 Å². The van der Waals surface area contributed by atoms with Gasteiger partial charge in [0.1, 0.15) is 0 Å². The van der Waals surface area contributed by atoms with Gasteiger partial charge in [-0.2, -0.15) is 0 Å². The molecule has 0 aromatic carbocycles. The first-order valence-corrected chi connectivity index (χ1v) is 10.7. The Morgan fingerprint density at radius 3 is 2.69 bits per heavy atom. The number of aliphatic imine (C=N–C) groups is 1. The highest BCUT2D eigenvalue weighted by atomic mass is 16.5. The van der Waals surface area contributed by atoms with Gasteiger partial charge in [0.2, 0.25) is 0 Å². The molecule has 2 saturated carbocycles. The largest absolute Gasteiger partial charge is 0.374 e. The van der Waals surface area contributed by atoms with Crippen molar-refractivity contribution in [2.75, 3.05) is 59.5 Å². The maximum Gasteiger partial charge on any atom is 0.191 e. The SMILES string of the molecule is CN=C(NCCN(CC1CC1)C1CC1)NCC1CN(CC(C)C)CCO1. The van der Waals surface area contributed by atoms with Gasteiger partial charge in [-0.15, -0.1) is 0 Å². The number of nitrogens with one attached hydrogen (secondary N) is 2. The van der Waals surface area contributed by atoms with Crippen LogP contribution >= 0.6 is 0 Å². The van der Waals surface area contributed by atoms with Gasteiger partial charge < -0.3 is 15.4 Å². The number of rotatable bonds is 10. The molecule has 1 aliphatic heterocycles. The first kappa shape index (κ1) is 19.9. The van der Waals surface area contributed by atoms with E-state index in [1.807, 2.05) is 7.05 Å². The van der Waals surface area contributed by atoms with Crippen molar-refractivity contribution < 1.29 is 4.74 Å². The van der Waals surface area contributed by atoms with Crippen LogP contribution in [0.4, 0.5) is 0 Å². The lowest BCUT2D eigenvalue weighted by atomic mass is 10.2. The fraction of sp³-hybridized carbons (Fsp3) is 0.950. The topological polar surface area (TPSA) is 52.1 Å². The van der Waals surface area contributed by atoms with Gasteiger partial charge >= 0.3 is 0 Å². The van der Waals surface area contributed by atoms with Crippen LogP contribution in [0.3, 0.4) is 0 Å². The van der Waals surface area contributed by atoms with Crippen LogP contribution in [0.25, 0.3) is 0 Å². The molecule has 0 radical (unpaired) electrons. The summed E-state index contributed by atoms with van der Waals surface area (Å²) < 4.78 is 5.92. The summed E-state index contributed by atoms with van der Waals surface area (Å²) in [5.41, 5.74) is 0. The number of hydrogen-bond donors (Lipinski definition) is 2. The highest BCUT2D eigenvalue weighted by molar-refractivity contribution is 5.79. The molecule has 2 N–H and O–H groups in total. The highest BCUT2D eigenvalue weighted by Crippen LogP contribution is 2.34. The molecule has 1 atom stereocenters. The van der Waals surface area contributed by atoms with Crippen LogP contribution in [0.1, 0.15) is 39.5 Å². The minimum atomic E-state index is 0.249. The zero-order chi connectivity index (χ0) is 18.4. The smallest absolute Gasteiger partial charge is 0.191 e. The first-order chi connectivity index (χ1) is 12.6. The summed E-state index contributed by atoms with van der Waals surface area (Å²) >= 11 is 0. The summed E-state index contributed by atoms with van der Waals surface area (Å²) in [6, 6.07) is 0.856. The van der Waals surface area contributed by atoms with Gasteiger partial charge in [-0.3, -0.25) is 14.8 Å². The zero-order valence-electron chi connectivity index (χ0n) is 17.0. The summed E-state index contributed by atoms with van der Waals surface area (Å²) in [5, 5.41) is 6.94. The fourth-order valence-electron chi connectivity index (χ4n) is 3.83. The van der Waals surface area contributed by atoms with E-state index in [-0.39, 0.29) is 6.10 Å². The second kappa shape index (κ2) is 9.90. The van der Waals surface area contributed by atoms with Gasteiger partial charge in [0, 0.05) is 58.9 Å². The van der Waals surface area contributed by atoms with E-state index in [0.29, 0.717) is 5.92 Å². The van der Waals surface area contributed by atoms with Crippen LogP contribution in [0, 0.1) is 11.8 Å². The van der Waals surface area contributed by atoms with E-state index >= 15 is 0 Å². The Morgan fingerprint density at radius 2 is 2.04 bits per heavy atom. The lowest BCUT2D eigenvalue weighted by Gasteiger charge is -2.34. The van der Waals surface area contributed by atoms with E-state index in [0.717, 1.165) is 63.8 Å². The van der Waals surface area contributed by atoms with Crippen LogP contribution in [-0.4, -0.2) is 87.4 Å². The van der Waals surface area contributed by atoms with Gasteiger partial charge in [-0.05, 0) is 37.5 Å². The van der Waals surface area contributed by atoms with Gasteiger partial charge in [0.25, 0.3) is 0 Å². The fourth-order valence-corrected chi connectivity index (χ4v) is 3.83. The van der Waals surface area contributed by atoms with Gasteiger partial charge in [0.15, 0.2) is 5.96 Å². The zero-order valence-corrected chi connectivity index (χ0v) is 17.0. The molecule has 3 fully saturated rings. The predicted octanol–water partition coefficient (Wildman–Crippen LogP) is 1.38. The van der Waals surface area contributed by atoms with E-state index in [2.05, 4.69) is 39.3 Å². The number of hydrogen-bond acceptors (Lipinski definition) is 4. The molecule has 0 aromatic heterocycles. The molecule has 1 saturated heterocycles. The third-order valence-corrected chi connectivity index (χ3v) is 5.51. The summed E-state index contributed by atoms with van der Waals surface area (Å²) in [6.45, 7) is 12.8. The quantitative estimate of drug-likeness (QED) is 0.453. The van der Waals surface area contributed by atoms with Crippen molar-refractivity contribution in [3.8, 4) is 0 Å². The maximum absolute atomic E-state index is 5.92. The summed E-state index contributed by atoms with van der Waals surface area (Å²) in [6.07, 6.45) is 5.92. The molecule has 0 bridgehead atoms. The lowest BCUT2D eigenvalue weighted by Crippen LogP contribution is -2.50. The molecular formula is C20H39N5O. The normalized spacial score (nSPS) is 25.1. The number of morpholine rings is 1. The van der Waals surface area contributed by atoms with Crippen LogP contribution < -0.4 is 10.6 Å². The highest BCUT2D eigenvalue weighted by Gasteiger charge is 2.33. The van der Waals surface area contributed by atoms with Gasteiger partial charge in [-0.1, -0.05) is 13.8 Å². The van der Waals surface area contributed by atoms with Crippen molar-refractivity contribution in [1.82, 2.24) is 20.4 Å². The molecule has 6 heteroatoms. The molecule has 3 rings (SSSR count). The molecule has 1 heterocycles. The summed E-state index contributed by atoms with van der Waals surface area (Å²) in [5.74, 6) is 2.59. The van der Waals surface area contributed by atoms with Crippen LogP contribution in [0.5, 0.6) is 0 Å². The van der Waals surface area contributed by atoms with E-state index in [1.54, 1.807) is 0 Å². The second-order valence-electron chi connectivity index (χ2n) is 8.70. The van der Waals surface area contributed by atoms with Crippen molar-refractivity contribution in [3.63, 3.8) is 0 Å². The lowest BCUT2D eigenvalue weighted by molar-refractivity contribution is -0.0284. The van der Waals surface area contributed by atoms with E-state index < -0.39 is 0 Å². The van der Waals surface area contributed by atoms with Crippen molar-refractivity contribution in [1.29, 1.82) is 0 Å². The Balaban J connectivity index is 1.32. The molecule has 0 amide bonds. The Kier molecular flexibility index (Phi) is 7.58. The monoisotopic (exact) mass is 365 g/mol. The Hall–Kier alpha value is -0.850. The van der Waals surface area contributed by atoms with E-state index in [4.69, 9.17) is 4.74 Å². The second-order valence-corrected chi connectivity index (χ2v) is 8.70. The minimum absolute atomic E-state index is 0.249. The Morgan fingerprint density at radius 1 is 1.23 bits per heavy atom. The van der Waals surface area contributed by atoms with Crippen molar-refractivity contribution >= 4 is 5.96 Å². The molecule has 0 spiro atoms. The third kappa shape index (κ3) is 7.05. The molecule has 1 unspecified atom stereocenters. The molecule has 2 aliphatic carbocycles. The first-order valence-electron chi connectivity index (χ1n) is 10.7. The molecular weight excluding hydrogens is 326 g/mol. The van der Waals surface area contributed by atoms with Crippen LogP contribution in [0.2, 0.25) is 0 Å². The number of guanidine groups is 1. The van der Waals surface area contributed by atoms with Crippen molar-refractivity contribution in [3.05, 3.63) is 0 Å². The van der Waals surface area contributed by atoms with Gasteiger partial charge in [-0.25, -0.2) is 0 Å². The molecule has 0 aromatic rings. The molecule has 150 valence electrons. The Labute approximate surface area is 159 Å². The molecule has 3 aliphatic rings. The Bertz CT molecular complexity index is 447. The molecule has 26 heavy (non-hydrogen) atoms.